The number of unbranched alkanes of at least 4 members (excludes halogenated alkanes) is 8. The Morgan fingerprint density at radius 1 is 0.848 bits per heavy atom. The van der Waals surface area contributed by atoms with Crippen molar-refractivity contribution in [1.82, 2.24) is 0 Å². The zero-order valence-corrected chi connectivity index (χ0v) is 21.0. The molecule has 0 radical (unpaired) electrons. The summed E-state index contributed by atoms with van der Waals surface area (Å²) in [6.45, 7) is 4.55. The predicted molar refractivity (Wildman–Crippen MR) is 136 cm³/mol. The Morgan fingerprint density at radius 2 is 1.45 bits per heavy atom. The van der Waals surface area contributed by atoms with Gasteiger partial charge in [0, 0.05) is 4.88 Å². The Bertz CT molecular complexity index is 844. The zero-order chi connectivity index (χ0) is 23.9. The van der Waals surface area contributed by atoms with Crippen LogP contribution in [0.15, 0.2) is 30.3 Å². The van der Waals surface area contributed by atoms with E-state index in [1.165, 1.54) is 55.4 Å². The standard InChI is InChI=1S/C27H39NO4S/c1-3-5-7-8-9-10-11-12-14-23-19-24(26(29)30)25(33-23)28-27(31)32-20-22-17-15-21(16-18-22)13-6-4-2/h15-19H,3-14,20H2,1-2H3,(H,28,31)(H,29,30). The van der Waals surface area contributed by atoms with Gasteiger partial charge < -0.3 is 9.84 Å². The highest BCUT2D eigenvalue weighted by Crippen LogP contribution is 2.30. The van der Waals surface area contributed by atoms with Gasteiger partial charge in [-0.05, 0) is 42.9 Å². The number of aromatic carboxylic acids is 1. The third-order valence-electron chi connectivity index (χ3n) is 5.72. The van der Waals surface area contributed by atoms with E-state index in [1.54, 1.807) is 6.07 Å². The quantitative estimate of drug-likeness (QED) is 0.241. The van der Waals surface area contributed by atoms with Crippen molar-refractivity contribution in [3.63, 3.8) is 0 Å². The number of amides is 1. The number of carbonyl (C=O) groups excluding carboxylic acids is 1. The molecule has 0 aliphatic carbocycles. The fraction of sp³-hybridized carbons (Fsp3) is 0.556. The van der Waals surface area contributed by atoms with Crippen LogP contribution in [-0.4, -0.2) is 17.2 Å². The molecule has 0 atom stereocenters. The summed E-state index contributed by atoms with van der Waals surface area (Å²) in [7, 11) is 0. The van der Waals surface area contributed by atoms with E-state index in [9.17, 15) is 14.7 Å². The van der Waals surface area contributed by atoms with Gasteiger partial charge in [-0.1, -0.05) is 89.5 Å². The van der Waals surface area contributed by atoms with Crippen LogP contribution in [0, 0.1) is 0 Å². The molecular formula is C27H39NO4S. The van der Waals surface area contributed by atoms with Gasteiger partial charge in [0.25, 0.3) is 0 Å². The minimum Gasteiger partial charge on any atom is -0.478 e. The molecule has 0 spiro atoms. The smallest absolute Gasteiger partial charge is 0.412 e. The van der Waals surface area contributed by atoms with Crippen LogP contribution in [0.1, 0.15) is 104 Å². The van der Waals surface area contributed by atoms with Crippen LogP contribution in [0.3, 0.4) is 0 Å². The normalized spacial score (nSPS) is 10.8. The molecule has 1 aromatic heterocycles. The van der Waals surface area contributed by atoms with Gasteiger partial charge in [-0.15, -0.1) is 11.3 Å². The van der Waals surface area contributed by atoms with Crippen LogP contribution < -0.4 is 5.32 Å². The first-order valence-electron chi connectivity index (χ1n) is 12.4. The van der Waals surface area contributed by atoms with Crippen molar-refractivity contribution < 1.29 is 19.4 Å². The minimum absolute atomic E-state index is 0.131. The van der Waals surface area contributed by atoms with Gasteiger partial charge in [-0.2, -0.15) is 0 Å². The largest absolute Gasteiger partial charge is 0.478 e. The van der Waals surface area contributed by atoms with Crippen LogP contribution >= 0.6 is 11.3 Å². The molecule has 6 heteroatoms. The van der Waals surface area contributed by atoms with E-state index < -0.39 is 12.1 Å². The highest BCUT2D eigenvalue weighted by atomic mass is 32.1. The van der Waals surface area contributed by atoms with Crippen molar-refractivity contribution in [2.75, 3.05) is 5.32 Å². The van der Waals surface area contributed by atoms with E-state index >= 15 is 0 Å². The summed E-state index contributed by atoms with van der Waals surface area (Å²) < 4.78 is 5.31. The molecule has 0 fully saturated rings. The number of hydrogen-bond donors (Lipinski definition) is 2. The van der Waals surface area contributed by atoms with Gasteiger partial charge in [0.15, 0.2) is 0 Å². The second-order valence-electron chi connectivity index (χ2n) is 8.61. The Kier molecular flexibility index (Phi) is 12.6. The lowest BCUT2D eigenvalue weighted by molar-refractivity contribution is 0.0698. The number of carbonyl (C=O) groups is 2. The van der Waals surface area contributed by atoms with Crippen LogP contribution in [0.5, 0.6) is 0 Å². The molecule has 0 bridgehead atoms. The molecule has 0 unspecified atom stereocenters. The third-order valence-corrected chi connectivity index (χ3v) is 6.83. The number of aryl methyl sites for hydroxylation is 2. The van der Waals surface area contributed by atoms with Gasteiger partial charge in [-0.25, -0.2) is 9.59 Å². The molecule has 0 saturated carbocycles. The first kappa shape index (κ1) is 26.9. The number of nitrogens with one attached hydrogen (secondary N) is 1. The van der Waals surface area contributed by atoms with E-state index in [1.807, 2.05) is 12.1 Å². The molecule has 182 valence electrons. The van der Waals surface area contributed by atoms with E-state index in [2.05, 4.69) is 31.3 Å². The number of thiophene rings is 1. The average Bonchev–Trinajstić information content (AvgIpc) is 3.21. The van der Waals surface area contributed by atoms with E-state index in [0.29, 0.717) is 5.00 Å². The summed E-state index contributed by atoms with van der Waals surface area (Å²) in [6, 6.07) is 9.73. The Labute approximate surface area is 202 Å². The second kappa shape index (κ2) is 15.5. The summed E-state index contributed by atoms with van der Waals surface area (Å²) in [6.07, 6.45) is 13.4. The first-order chi connectivity index (χ1) is 16.0. The molecule has 2 aromatic rings. The summed E-state index contributed by atoms with van der Waals surface area (Å²) in [5, 5.41) is 12.5. The number of hydrogen-bond acceptors (Lipinski definition) is 4. The Morgan fingerprint density at radius 3 is 2.09 bits per heavy atom. The zero-order valence-electron chi connectivity index (χ0n) is 20.2. The van der Waals surface area contributed by atoms with Gasteiger partial charge in [0.2, 0.25) is 0 Å². The number of benzene rings is 1. The van der Waals surface area contributed by atoms with Crippen LogP contribution in [0.25, 0.3) is 0 Å². The number of carboxylic acids is 1. The van der Waals surface area contributed by atoms with E-state index in [0.717, 1.165) is 49.0 Å². The fourth-order valence-corrected chi connectivity index (χ4v) is 4.79. The van der Waals surface area contributed by atoms with Gasteiger partial charge in [0.1, 0.15) is 11.6 Å². The monoisotopic (exact) mass is 473 g/mol. The third kappa shape index (κ3) is 10.4. The van der Waals surface area contributed by atoms with Gasteiger partial charge in [-0.3, -0.25) is 5.32 Å². The van der Waals surface area contributed by atoms with Crippen LogP contribution in [-0.2, 0) is 24.2 Å². The van der Waals surface area contributed by atoms with Crippen LogP contribution in [0.2, 0.25) is 0 Å². The van der Waals surface area contributed by atoms with E-state index in [4.69, 9.17) is 4.74 Å². The highest BCUT2D eigenvalue weighted by Gasteiger charge is 2.18. The highest BCUT2D eigenvalue weighted by molar-refractivity contribution is 7.16. The second-order valence-corrected chi connectivity index (χ2v) is 9.74. The fourth-order valence-electron chi connectivity index (χ4n) is 3.71. The lowest BCUT2D eigenvalue weighted by Gasteiger charge is -2.07. The molecule has 1 aromatic carbocycles. The minimum atomic E-state index is -1.04. The van der Waals surface area contributed by atoms with Gasteiger partial charge >= 0.3 is 12.1 Å². The number of anilines is 1. The topological polar surface area (TPSA) is 75.6 Å². The molecule has 2 N–H and O–H groups in total. The van der Waals surface area contributed by atoms with E-state index in [-0.39, 0.29) is 12.2 Å². The van der Waals surface area contributed by atoms with Crippen molar-refractivity contribution in [1.29, 1.82) is 0 Å². The Balaban J connectivity index is 1.78. The summed E-state index contributed by atoms with van der Waals surface area (Å²) in [4.78, 5) is 24.9. The number of rotatable bonds is 16. The number of carboxylic acid groups (broad SMARTS) is 1. The molecule has 33 heavy (non-hydrogen) atoms. The maximum absolute atomic E-state index is 12.3. The van der Waals surface area contributed by atoms with Gasteiger partial charge in [0.05, 0.1) is 5.56 Å². The van der Waals surface area contributed by atoms with Crippen molar-refractivity contribution in [2.45, 2.75) is 97.5 Å². The summed E-state index contributed by atoms with van der Waals surface area (Å²) in [5.41, 5.74) is 2.32. The molecule has 5 nitrogen and oxygen atoms in total. The van der Waals surface area contributed by atoms with Crippen LogP contribution in [0.4, 0.5) is 9.80 Å². The van der Waals surface area contributed by atoms with Crippen molar-refractivity contribution in [3.05, 3.63) is 51.9 Å². The maximum atomic E-state index is 12.3. The molecule has 1 amide bonds. The van der Waals surface area contributed by atoms with Crippen molar-refractivity contribution >= 4 is 28.4 Å². The first-order valence-corrected chi connectivity index (χ1v) is 13.2. The average molecular weight is 474 g/mol. The van der Waals surface area contributed by atoms with Crippen molar-refractivity contribution in [3.8, 4) is 0 Å². The molecule has 2 rings (SSSR count). The SMILES string of the molecule is CCCCCCCCCCc1cc(C(=O)O)c(NC(=O)OCc2ccc(CCCC)cc2)s1. The molecule has 1 heterocycles. The molecule has 0 aliphatic heterocycles. The lowest BCUT2D eigenvalue weighted by atomic mass is 10.1. The number of ether oxygens (including phenoxy) is 1. The molecule has 0 aliphatic rings. The predicted octanol–water partition coefficient (Wildman–Crippen LogP) is 8.22. The summed E-state index contributed by atoms with van der Waals surface area (Å²) in [5.74, 6) is -1.04. The molecular weight excluding hydrogens is 434 g/mol. The molecule has 0 saturated heterocycles. The lowest BCUT2D eigenvalue weighted by Crippen LogP contribution is -2.14. The summed E-state index contributed by atoms with van der Waals surface area (Å²) >= 11 is 1.33. The maximum Gasteiger partial charge on any atom is 0.412 e. The Hall–Kier alpha value is -2.34. The van der Waals surface area contributed by atoms with Crippen molar-refractivity contribution in [2.24, 2.45) is 0 Å².